The first-order chi connectivity index (χ1) is 9.24. The van der Waals surface area contributed by atoms with Crippen molar-refractivity contribution in [1.82, 2.24) is 15.0 Å². The number of rotatable bonds is 2. The number of hydrogen-bond donors (Lipinski definition) is 1. The lowest BCUT2D eigenvalue weighted by atomic mass is 10.2. The van der Waals surface area contributed by atoms with Crippen LogP contribution < -0.4 is 0 Å². The van der Waals surface area contributed by atoms with Crippen LogP contribution in [0, 0.1) is 6.92 Å². The molecule has 1 N–H and O–H groups in total. The number of aromatic amines is 1. The number of benzene rings is 1. The summed E-state index contributed by atoms with van der Waals surface area (Å²) in [5, 5.41) is 0.724. The summed E-state index contributed by atoms with van der Waals surface area (Å²) in [6.07, 6.45) is 3.54. The van der Waals surface area contributed by atoms with Gasteiger partial charge in [0.05, 0.1) is 5.69 Å². The van der Waals surface area contributed by atoms with Gasteiger partial charge in [-0.05, 0) is 43.3 Å². The van der Waals surface area contributed by atoms with E-state index in [0.717, 1.165) is 33.4 Å². The van der Waals surface area contributed by atoms with Crippen molar-refractivity contribution >= 4 is 11.6 Å². The third kappa shape index (κ3) is 2.37. The van der Waals surface area contributed by atoms with Crippen molar-refractivity contribution in [3.63, 3.8) is 0 Å². The molecule has 2 heterocycles. The van der Waals surface area contributed by atoms with E-state index >= 15 is 0 Å². The Morgan fingerprint density at radius 3 is 2.32 bits per heavy atom. The molecule has 0 bridgehead atoms. The molecule has 0 aliphatic carbocycles. The third-order valence-electron chi connectivity index (χ3n) is 2.96. The van der Waals surface area contributed by atoms with Gasteiger partial charge in [0.2, 0.25) is 0 Å². The highest BCUT2D eigenvalue weighted by Gasteiger charge is 2.10. The predicted molar refractivity (Wildman–Crippen MR) is 77.0 cm³/mol. The Morgan fingerprint density at radius 1 is 0.947 bits per heavy atom. The van der Waals surface area contributed by atoms with E-state index in [-0.39, 0.29) is 0 Å². The van der Waals surface area contributed by atoms with Gasteiger partial charge in [-0.3, -0.25) is 4.98 Å². The second kappa shape index (κ2) is 4.86. The lowest BCUT2D eigenvalue weighted by Crippen LogP contribution is -1.81. The van der Waals surface area contributed by atoms with Crippen molar-refractivity contribution < 1.29 is 0 Å². The second-order valence-corrected chi connectivity index (χ2v) is 4.74. The molecule has 0 spiro atoms. The van der Waals surface area contributed by atoms with Crippen LogP contribution in [0.1, 0.15) is 5.69 Å². The van der Waals surface area contributed by atoms with Crippen LogP contribution in [0.4, 0.5) is 0 Å². The molecule has 3 rings (SSSR count). The fourth-order valence-corrected chi connectivity index (χ4v) is 2.12. The van der Waals surface area contributed by atoms with Crippen LogP contribution in [0.3, 0.4) is 0 Å². The van der Waals surface area contributed by atoms with Crippen LogP contribution in [0.2, 0.25) is 5.02 Å². The predicted octanol–water partition coefficient (Wildman–Crippen LogP) is 4.10. The number of H-pyrrole nitrogens is 1. The van der Waals surface area contributed by atoms with Crippen molar-refractivity contribution in [3.05, 3.63) is 59.5 Å². The Hall–Kier alpha value is -2.13. The molecule has 0 atom stereocenters. The summed E-state index contributed by atoms with van der Waals surface area (Å²) in [5.74, 6) is 0.848. The molecular formula is C15H12ClN3. The van der Waals surface area contributed by atoms with Crippen molar-refractivity contribution in [1.29, 1.82) is 0 Å². The van der Waals surface area contributed by atoms with Gasteiger partial charge >= 0.3 is 0 Å². The summed E-state index contributed by atoms with van der Waals surface area (Å²) >= 11 is 5.89. The standard InChI is InChI=1S/C15H12ClN3/c1-10-14(11-6-8-17-9-7-11)19-15(18-10)12-2-4-13(16)5-3-12/h2-9H,1H3,(H,18,19). The number of aromatic nitrogens is 3. The van der Waals surface area contributed by atoms with E-state index in [4.69, 9.17) is 11.6 Å². The lowest BCUT2D eigenvalue weighted by molar-refractivity contribution is 1.25. The maximum absolute atomic E-state index is 5.89. The molecule has 0 aliphatic rings. The van der Waals surface area contributed by atoms with Gasteiger partial charge < -0.3 is 4.98 Å². The molecule has 0 fully saturated rings. The Labute approximate surface area is 116 Å². The van der Waals surface area contributed by atoms with Gasteiger partial charge in [-0.25, -0.2) is 4.98 Å². The molecule has 0 saturated heterocycles. The van der Waals surface area contributed by atoms with E-state index in [1.807, 2.05) is 43.3 Å². The van der Waals surface area contributed by atoms with Crippen LogP contribution >= 0.6 is 11.6 Å². The topological polar surface area (TPSA) is 41.6 Å². The summed E-state index contributed by atoms with van der Waals surface area (Å²) in [6, 6.07) is 11.5. The minimum absolute atomic E-state index is 0.724. The van der Waals surface area contributed by atoms with E-state index in [1.165, 1.54) is 0 Å². The van der Waals surface area contributed by atoms with Crippen molar-refractivity contribution in [2.75, 3.05) is 0 Å². The van der Waals surface area contributed by atoms with Crippen LogP contribution in [0.15, 0.2) is 48.8 Å². The Morgan fingerprint density at radius 2 is 1.63 bits per heavy atom. The molecule has 94 valence electrons. The first kappa shape index (κ1) is 11.9. The highest BCUT2D eigenvalue weighted by molar-refractivity contribution is 6.30. The zero-order valence-corrected chi connectivity index (χ0v) is 11.1. The minimum Gasteiger partial charge on any atom is -0.342 e. The smallest absolute Gasteiger partial charge is 0.138 e. The van der Waals surface area contributed by atoms with E-state index in [0.29, 0.717) is 0 Å². The lowest BCUT2D eigenvalue weighted by Gasteiger charge is -1.97. The van der Waals surface area contributed by atoms with Crippen LogP contribution in [0.5, 0.6) is 0 Å². The fraction of sp³-hybridized carbons (Fsp3) is 0.0667. The highest BCUT2D eigenvalue weighted by Crippen LogP contribution is 2.25. The van der Waals surface area contributed by atoms with Gasteiger partial charge in [-0.2, -0.15) is 0 Å². The quantitative estimate of drug-likeness (QED) is 0.761. The van der Waals surface area contributed by atoms with Gasteiger partial charge in [0.25, 0.3) is 0 Å². The molecule has 0 unspecified atom stereocenters. The third-order valence-corrected chi connectivity index (χ3v) is 3.21. The first-order valence-corrected chi connectivity index (χ1v) is 6.35. The molecule has 3 nitrogen and oxygen atoms in total. The van der Waals surface area contributed by atoms with Gasteiger partial charge in [0.15, 0.2) is 0 Å². The summed E-state index contributed by atoms with van der Waals surface area (Å²) < 4.78 is 0. The van der Waals surface area contributed by atoms with E-state index in [1.54, 1.807) is 12.4 Å². The van der Waals surface area contributed by atoms with Crippen LogP contribution in [-0.4, -0.2) is 15.0 Å². The summed E-state index contributed by atoms with van der Waals surface area (Å²) in [5.41, 5.74) is 4.07. The average Bonchev–Trinajstić information content (AvgIpc) is 2.83. The maximum atomic E-state index is 5.89. The fourth-order valence-electron chi connectivity index (χ4n) is 2.00. The Balaban J connectivity index is 2.04. The second-order valence-electron chi connectivity index (χ2n) is 4.30. The molecule has 0 saturated carbocycles. The van der Waals surface area contributed by atoms with Crippen LogP contribution in [0.25, 0.3) is 22.6 Å². The monoisotopic (exact) mass is 269 g/mol. The SMILES string of the molecule is Cc1[nH]c(-c2ccc(Cl)cc2)nc1-c1ccncc1. The van der Waals surface area contributed by atoms with E-state index in [2.05, 4.69) is 15.0 Å². The highest BCUT2D eigenvalue weighted by atomic mass is 35.5. The Bertz CT molecular complexity index is 687. The molecule has 0 aliphatic heterocycles. The number of hydrogen-bond acceptors (Lipinski definition) is 2. The number of pyridine rings is 1. The largest absolute Gasteiger partial charge is 0.342 e. The molecular weight excluding hydrogens is 258 g/mol. The van der Waals surface area contributed by atoms with Crippen molar-refractivity contribution in [3.8, 4) is 22.6 Å². The summed E-state index contributed by atoms with van der Waals surface area (Å²) in [4.78, 5) is 12.0. The molecule has 2 aromatic heterocycles. The number of nitrogens with one attached hydrogen (secondary N) is 1. The van der Waals surface area contributed by atoms with Gasteiger partial charge in [-0.15, -0.1) is 0 Å². The number of imidazole rings is 1. The number of nitrogens with zero attached hydrogens (tertiary/aromatic N) is 2. The van der Waals surface area contributed by atoms with Gasteiger partial charge in [0.1, 0.15) is 5.82 Å². The maximum Gasteiger partial charge on any atom is 0.138 e. The molecule has 4 heteroatoms. The van der Waals surface area contributed by atoms with Gasteiger partial charge in [-0.1, -0.05) is 11.6 Å². The normalized spacial score (nSPS) is 10.6. The van der Waals surface area contributed by atoms with E-state index in [9.17, 15) is 0 Å². The van der Waals surface area contributed by atoms with Crippen LogP contribution in [-0.2, 0) is 0 Å². The molecule has 3 aromatic rings. The Kier molecular flexibility index (Phi) is 3.05. The molecule has 0 amide bonds. The molecule has 0 radical (unpaired) electrons. The molecule has 1 aromatic carbocycles. The summed E-state index contributed by atoms with van der Waals surface area (Å²) in [7, 11) is 0. The van der Waals surface area contributed by atoms with Gasteiger partial charge in [0, 0.05) is 34.2 Å². The molecule has 19 heavy (non-hydrogen) atoms. The van der Waals surface area contributed by atoms with E-state index < -0.39 is 0 Å². The number of aryl methyl sites for hydroxylation is 1. The first-order valence-electron chi connectivity index (χ1n) is 5.97. The minimum atomic E-state index is 0.724. The summed E-state index contributed by atoms with van der Waals surface area (Å²) in [6.45, 7) is 2.02. The van der Waals surface area contributed by atoms with Crippen molar-refractivity contribution in [2.45, 2.75) is 6.92 Å². The average molecular weight is 270 g/mol. The number of halogens is 1. The zero-order valence-electron chi connectivity index (χ0n) is 10.4. The zero-order chi connectivity index (χ0) is 13.2. The van der Waals surface area contributed by atoms with Crippen molar-refractivity contribution in [2.24, 2.45) is 0 Å².